The fraction of sp³-hybridized carbons (Fsp3) is 0.500. The highest BCUT2D eigenvalue weighted by atomic mass is 16.5. The largest absolute Gasteiger partial charge is 0.483 e. The van der Waals surface area contributed by atoms with Gasteiger partial charge >= 0.3 is 0 Å². The molecule has 0 aliphatic heterocycles. The maximum Gasteiger partial charge on any atom is 0.290 e. The first-order valence-corrected chi connectivity index (χ1v) is 2.86. The summed E-state index contributed by atoms with van der Waals surface area (Å²) < 4.78 is 8.65. The number of carbonyl (C=O) groups is 1. The monoisotopic (exact) mass is 172 g/mol. The molecule has 6 heteroatoms. The van der Waals surface area contributed by atoms with Gasteiger partial charge in [0.05, 0.1) is 0 Å². The van der Waals surface area contributed by atoms with Gasteiger partial charge < -0.3 is 14.6 Å². The number of ether oxygens (including phenoxy) is 2. The van der Waals surface area contributed by atoms with Crippen molar-refractivity contribution in [2.24, 2.45) is 0 Å². The van der Waals surface area contributed by atoms with Gasteiger partial charge in [-0.2, -0.15) is 10.5 Å². The van der Waals surface area contributed by atoms with Gasteiger partial charge in [-0.1, -0.05) is 0 Å². The van der Waals surface area contributed by atoms with Crippen LogP contribution in [0, 0.1) is 23.0 Å². The van der Waals surface area contributed by atoms with Crippen molar-refractivity contribution >= 4 is 6.47 Å². The van der Waals surface area contributed by atoms with Gasteiger partial charge in [0.1, 0.15) is 12.7 Å². The van der Waals surface area contributed by atoms with E-state index in [-0.39, 0.29) is 19.2 Å². The van der Waals surface area contributed by atoms with Crippen molar-refractivity contribution in [2.45, 2.75) is 13.0 Å². The van der Waals surface area contributed by atoms with Gasteiger partial charge in [-0.3, -0.25) is 4.79 Å². The van der Waals surface area contributed by atoms with E-state index in [0.29, 0.717) is 0 Å². The Hall–Kier alpha value is -1.95. The molecule has 0 rings (SSSR count). The van der Waals surface area contributed by atoms with Crippen LogP contribution < -0.4 is 0 Å². The molecular weight excluding hydrogens is 164 g/mol. The summed E-state index contributed by atoms with van der Waals surface area (Å²) >= 11 is 0. The lowest BCUT2D eigenvalue weighted by Crippen LogP contribution is -2.11. The molecule has 0 heterocycles. The van der Waals surface area contributed by atoms with Crippen molar-refractivity contribution in [3.8, 4) is 12.5 Å². The molecule has 1 unspecified atom stereocenters. The van der Waals surface area contributed by atoms with E-state index < -0.39 is 0 Å². The average Bonchev–Trinajstić information content (AvgIpc) is 2.03. The van der Waals surface area contributed by atoms with Crippen molar-refractivity contribution < 1.29 is 19.4 Å². The molecule has 0 bridgehead atoms. The summed E-state index contributed by atoms with van der Waals surface area (Å²) in [6.45, 7) is 1.52. The van der Waals surface area contributed by atoms with Gasteiger partial charge in [-0.15, -0.1) is 0 Å². The molecule has 0 saturated heterocycles. The second-order valence-electron chi connectivity index (χ2n) is 1.53. The average molecular weight is 172 g/mol. The van der Waals surface area contributed by atoms with E-state index in [1.165, 1.54) is 12.5 Å². The van der Waals surface area contributed by atoms with Crippen molar-refractivity contribution in [1.29, 1.82) is 10.5 Å². The number of hydrogen-bond donors (Lipinski definition) is 1. The lowest BCUT2D eigenvalue weighted by Gasteiger charge is -2.02. The predicted molar refractivity (Wildman–Crippen MR) is 36.4 cm³/mol. The first-order chi connectivity index (χ1) is 5.72. The van der Waals surface area contributed by atoms with E-state index in [0.717, 1.165) is 0 Å². The smallest absolute Gasteiger partial charge is 0.290 e. The molecule has 6 nitrogen and oxygen atoms in total. The van der Waals surface area contributed by atoms with E-state index >= 15 is 0 Å². The molecule has 0 aromatic rings. The van der Waals surface area contributed by atoms with Crippen LogP contribution in [0.5, 0.6) is 0 Å². The highest BCUT2D eigenvalue weighted by Crippen LogP contribution is 1.87. The maximum atomic E-state index is 8.36. The minimum absolute atomic E-state index is 0.129. The molecule has 0 aliphatic rings. The van der Waals surface area contributed by atoms with Crippen molar-refractivity contribution in [3.63, 3.8) is 0 Å². The van der Waals surface area contributed by atoms with E-state index in [1.54, 1.807) is 6.92 Å². The van der Waals surface area contributed by atoms with Crippen LogP contribution in [-0.2, 0) is 14.3 Å². The van der Waals surface area contributed by atoms with Gasteiger partial charge in [-0.05, 0) is 6.92 Å². The summed E-state index contributed by atoms with van der Waals surface area (Å²) in [5.74, 6) is 0. The number of nitriles is 2. The molecule has 0 saturated carbocycles. The Kier molecular flexibility index (Phi) is 12.5. The predicted octanol–water partition coefficient (Wildman–Crippen LogP) is 0.0711. The topological polar surface area (TPSA) is 103 Å². The summed E-state index contributed by atoms with van der Waals surface area (Å²) in [4.78, 5) is 8.36. The van der Waals surface area contributed by atoms with Crippen molar-refractivity contribution in [3.05, 3.63) is 0 Å². The second kappa shape index (κ2) is 11.8. The maximum absolute atomic E-state index is 8.36. The van der Waals surface area contributed by atoms with Gasteiger partial charge in [0.2, 0.25) is 0 Å². The standard InChI is InChI=1S/C5H6N2O2.CH2O2/c1-5(9-4-7)2-8-3-6;2-1-3/h5H,2H2,1H3;1H,(H,2,3). The van der Waals surface area contributed by atoms with Gasteiger partial charge in [0, 0.05) is 0 Å². The van der Waals surface area contributed by atoms with Gasteiger partial charge in [-0.25, -0.2) is 0 Å². The first-order valence-electron chi connectivity index (χ1n) is 2.86. The molecule has 0 aliphatic carbocycles. The molecular formula is C6H8N2O4. The Morgan fingerprint density at radius 3 is 2.42 bits per heavy atom. The fourth-order valence-electron chi connectivity index (χ4n) is 0.279. The lowest BCUT2D eigenvalue weighted by molar-refractivity contribution is -0.122. The SMILES string of the molecule is CC(COC#N)OC#N.O=CO. The zero-order chi connectivity index (χ0) is 9.82. The molecule has 66 valence electrons. The Morgan fingerprint density at radius 2 is 2.08 bits per heavy atom. The minimum atomic E-state index is -0.338. The Balaban J connectivity index is 0. The molecule has 1 atom stereocenters. The summed E-state index contributed by atoms with van der Waals surface area (Å²) in [5, 5.41) is 22.7. The van der Waals surface area contributed by atoms with E-state index in [9.17, 15) is 0 Å². The van der Waals surface area contributed by atoms with Crippen LogP contribution in [0.4, 0.5) is 0 Å². The summed E-state index contributed by atoms with van der Waals surface area (Å²) in [6, 6.07) is 0. The Labute approximate surface area is 69.5 Å². The van der Waals surface area contributed by atoms with E-state index in [1.807, 2.05) is 0 Å². The first kappa shape index (κ1) is 12.7. The van der Waals surface area contributed by atoms with Crippen LogP contribution >= 0.6 is 0 Å². The number of rotatable bonds is 3. The molecule has 12 heavy (non-hydrogen) atoms. The van der Waals surface area contributed by atoms with E-state index in [4.69, 9.17) is 20.4 Å². The third-order valence-electron chi connectivity index (χ3n) is 0.636. The summed E-state index contributed by atoms with van der Waals surface area (Å²) in [7, 11) is 0. The summed E-state index contributed by atoms with van der Waals surface area (Å²) in [6.07, 6.45) is 2.62. The van der Waals surface area contributed by atoms with Gasteiger partial charge in [0.15, 0.2) is 0 Å². The minimum Gasteiger partial charge on any atom is -0.483 e. The normalized spacial score (nSPS) is 8.92. The van der Waals surface area contributed by atoms with Crippen LogP contribution in [0.3, 0.4) is 0 Å². The van der Waals surface area contributed by atoms with Crippen LogP contribution in [0.25, 0.3) is 0 Å². The zero-order valence-corrected chi connectivity index (χ0v) is 6.43. The molecule has 0 aromatic carbocycles. The lowest BCUT2D eigenvalue weighted by atomic mass is 10.4. The molecule has 0 amide bonds. The van der Waals surface area contributed by atoms with E-state index in [2.05, 4.69) is 9.47 Å². The molecule has 0 radical (unpaired) electrons. The quantitative estimate of drug-likeness (QED) is 0.477. The third-order valence-corrected chi connectivity index (χ3v) is 0.636. The summed E-state index contributed by atoms with van der Waals surface area (Å²) in [5.41, 5.74) is 0. The number of carboxylic acid groups (broad SMARTS) is 1. The van der Waals surface area contributed by atoms with Gasteiger partial charge in [0.25, 0.3) is 19.0 Å². The molecule has 0 spiro atoms. The third kappa shape index (κ3) is 15.7. The Morgan fingerprint density at radius 1 is 1.58 bits per heavy atom. The second-order valence-corrected chi connectivity index (χ2v) is 1.53. The van der Waals surface area contributed by atoms with Crippen LogP contribution in [-0.4, -0.2) is 24.3 Å². The van der Waals surface area contributed by atoms with Crippen molar-refractivity contribution in [2.75, 3.05) is 6.61 Å². The number of hydrogen-bond acceptors (Lipinski definition) is 5. The van der Waals surface area contributed by atoms with Crippen LogP contribution in [0.15, 0.2) is 0 Å². The fourth-order valence-corrected chi connectivity index (χ4v) is 0.279. The molecule has 0 fully saturated rings. The highest BCUT2D eigenvalue weighted by Gasteiger charge is 1.99. The molecule has 1 N–H and O–H groups in total. The number of nitrogens with zero attached hydrogens (tertiary/aromatic N) is 2. The highest BCUT2D eigenvalue weighted by molar-refractivity contribution is 5.32. The van der Waals surface area contributed by atoms with Crippen LogP contribution in [0.1, 0.15) is 6.92 Å². The molecule has 0 aromatic heterocycles. The van der Waals surface area contributed by atoms with Crippen LogP contribution in [0.2, 0.25) is 0 Å². The zero-order valence-electron chi connectivity index (χ0n) is 6.43. The van der Waals surface area contributed by atoms with Crippen molar-refractivity contribution in [1.82, 2.24) is 0 Å². The Bertz CT molecular complexity index is 181.